The fourth-order valence-electron chi connectivity index (χ4n) is 9.61. The van der Waals surface area contributed by atoms with Crippen molar-refractivity contribution in [2.45, 2.75) is 115 Å². The zero-order chi connectivity index (χ0) is 26.1. The molecule has 0 spiro atoms. The Labute approximate surface area is 209 Å². The van der Waals surface area contributed by atoms with Gasteiger partial charge in [-0.05, 0) is 66.6 Å². The molecule has 4 aliphatic carbocycles. The summed E-state index contributed by atoms with van der Waals surface area (Å²) < 4.78 is 0. The third-order valence-electron chi connectivity index (χ3n) is 11.3. The predicted molar refractivity (Wildman–Crippen MR) is 129 cm³/mol. The highest BCUT2D eigenvalue weighted by Crippen LogP contribution is 2.69. The molecule has 0 saturated heterocycles. The molecule has 0 aromatic heterocycles. The monoisotopic (exact) mass is 500 g/mol. The van der Waals surface area contributed by atoms with Crippen LogP contribution in [0.15, 0.2) is 0 Å². The summed E-state index contributed by atoms with van der Waals surface area (Å²) in [5.74, 6) is -2.15. The van der Waals surface area contributed by atoms with Gasteiger partial charge in [0.2, 0.25) is 0 Å². The van der Waals surface area contributed by atoms with E-state index in [0.717, 1.165) is 19.3 Å². The number of fused-ring (bicyclic) bond motifs is 5. The molecule has 0 aliphatic heterocycles. The van der Waals surface area contributed by atoms with Crippen molar-refractivity contribution >= 4 is 0 Å². The molecule has 35 heavy (non-hydrogen) atoms. The molecule has 8 nitrogen and oxygen atoms in total. The molecule has 0 aromatic rings. The summed E-state index contributed by atoms with van der Waals surface area (Å²) in [4.78, 5) is 0. The number of hydrogen-bond donors (Lipinski definition) is 8. The lowest BCUT2D eigenvalue weighted by atomic mass is 9.40. The highest BCUT2D eigenvalue weighted by Gasteiger charge is 2.76. The summed E-state index contributed by atoms with van der Waals surface area (Å²) in [5.41, 5.74) is -3.22. The molecule has 1 unspecified atom stereocenters. The Morgan fingerprint density at radius 1 is 0.800 bits per heavy atom. The quantitative estimate of drug-likeness (QED) is 0.260. The highest BCUT2D eigenvalue weighted by atomic mass is 16.4. The van der Waals surface area contributed by atoms with Crippen molar-refractivity contribution in [2.24, 2.45) is 46.3 Å². The summed E-state index contributed by atoms with van der Waals surface area (Å²) in [6.07, 6.45) is -3.02. The van der Waals surface area contributed by atoms with Crippen molar-refractivity contribution in [3.63, 3.8) is 0 Å². The number of rotatable bonds is 6. The topological polar surface area (TPSA) is 162 Å². The van der Waals surface area contributed by atoms with E-state index in [4.69, 9.17) is 0 Å². The lowest BCUT2D eigenvalue weighted by molar-refractivity contribution is -0.322. The van der Waals surface area contributed by atoms with E-state index in [2.05, 4.69) is 6.92 Å². The van der Waals surface area contributed by atoms with E-state index in [1.165, 1.54) is 0 Å². The molecular formula is C27H48O8. The first-order valence-electron chi connectivity index (χ1n) is 13.7. The van der Waals surface area contributed by atoms with E-state index in [1.54, 1.807) is 0 Å². The van der Waals surface area contributed by atoms with Crippen molar-refractivity contribution < 1.29 is 40.9 Å². The highest BCUT2D eigenvalue weighted by molar-refractivity contribution is 5.25. The first-order chi connectivity index (χ1) is 16.3. The smallest absolute Gasteiger partial charge is 0.110 e. The van der Waals surface area contributed by atoms with Gasteiger partial charge in [-0.3, -0.25) is 0 Å². The number of aliphatic hydroxyl groups excluding tert-OH is 7. The Hall–Kier alpha value is -0.320. The van der Waals surface area contributed by atoms with Crippen LogP contribution >= 0.6 is 0 Å². The minimum absolute atomic E-state index is 0.0568. The summed E-state index contributed by atoms with van der Waals surface area (Å²) in [6, 6.07) is 0. The summed E-state index contributed by atoms with van der Waals surface area (Å²) in [6.45, 7) is 8.11. The zero-order valence-corrected chi connectivity index (χ0v) is 21.7. The minimum atomic E-state index is -1.83. The molecule has 0 amide bonds. The van der Waals surface area contributed by atoms with Crippen LogP contribution in [-0.2, 0) is 0 Å². The molecule has 8 heteroatoms. The maximum Gasteiger partial charge on any atom is 0.110 e. The molecule has 0 heterocycles. The SMILES string of the molecule is C[C@H](CO)CCC[C@@H](C)[C@H]1[C@@H](O)[C@H](O)[C@@H]2[C@]1(C)CCC1[C@@]2(O)[C@H](O)[C@H](O)[C@H]2[C@@H](O)[C@@H](O)CC[C@]12C. The van der Waals surface area contributed by atoms with E-state index in [0.29, 0.717) is 25.7 Å². The van der Waals surface area contributed by atoms with E-state index in [9.17, 15) is 40.9 Å². The first kappa shape index (κ1) is 27.7. The van der Waals surface area contributed by atoms with Crippen LogP contribution in [0, 0.1) is 46.3 Å². The van der Waals surface area contributed by atoms with Gasteiger partial charge >= 0.3 is 0 Å². The normalized spacial score (nSPS) is 55.5. The zero-order valence-electron chi connectivity index (χ0n) is 21.7. The van der Waals surface area contributed by atoms with Crippen molar-refractivity contribution in [2.75, 3.05) is 6.61 Å². The Morgan fingerprint density at radius 2 is 1.43 bits per heavy atom. The van der Waals surface area contributed by atoms with Gasteiger partial charge in [0.25, 0.3) is 0 Å². The van der Waals surface area contributed by atoms with Crippen molar-refractivity contribution in [3.05, 3.63) is 0 Å². The van der Waals surface area contributed by atoms with Gasteiger partial charge in [-0.15, -0.1) is 0 Å². The molecule has 204 valence electrons. The van der Waals surface area contributed by atoms with Gasteiger partial charge in [-0.1, -0.05) is 40.5 Å². The Morgan fingerprint density at radius 3 is 2.06 bits per heavy atom. The lowest BCUT2D eigenvalue weighted by Crippen LogP contribution is -2.76. The molecule has 0 aromatic carbocycles. The Balaban J connectivity index is 1.67. The number of hydrogen-bond acceptors (Lipinski definition) is 8. The van der Waals surface area contributed by atoms with E-state index in [1.807, 2.05) is 20.8 Å². The van der Waals surface area contributed by atoms with Crippen LogP contribution in [0.5, 0.6) is 0 Å². The average molecular weight is 501 g/mol. The second kappa shape index (κ2) is 9.45. The molecule has 0 radical (unpaired) electrons. The molecule has 15 atom stereocenters. The van der Waals surface area contributed by atoms with Crippen molar-refractivity contribution in [1.82, 2.24) is 0 Å². The molecule has 0 bridgehead atoms. The molecule has 4 saturated carbocycles. The van der Waals surface area contributed by atoms with Gasteiger partial charge < -0.3 is 40.9 Å². The second-order valence-electron chi connectivity index (χ2n) is 13.2. The minimum Gasteiger partial charge on any atom is -0.396 e. The molecular weight excluding hydrogens is 452 g/mol. The third-order valence-corrected chi connectivity index (χ3v) is 11.3. The van der Waals surface area contributed by atoms with Crippen LogP contribution in [0.25, 0.3) is 0 Å². The van der Waals surface area contributed by atoms with Crippen molar-refractivity contribution in [3.8, 4) is 0 Å². The Bertz CT molecular complexity index is 765. The van der Waals surface area contributed by atoms with E-state index in [-0.39, 0.29) is 24.4 Å². The largest absolute Gasteiger partial charge is 0.396 e. The van der Waals surface area contributed by atoms with Gasteiger partial charge in [-0.25, -0.2) is 0 Å². The molecule has 4 rings (SSSR count). The van der Waals surface area contributed by atoms with Crippen LogP contribution in [0.2, 0.25) is 0 Å². The standard InChI is InChI=1S/C27H48O8/c1-13(12-28)6-5-7-14(2)17-20(31)22(33)23-26(17,4)11-9-16-25(3)10-8-15(29)19(30)18(25)21(32)24(34)27(16,23)35/h13-24,28-35H,5-12H2,1-4H3/t13-,14+,15-,16?,17-,18+,19-,20+,21+,22-,23+,24+,25+,26+,27-/m0/s1. The van der Waals surface area contributed by atoms with E-state index >= 15 is 0 Å². The van der Waals surface area contributed by atoms with Gasteiger partial charge in [0, 0.05) is 18.4 Å². The number of aliphatic hydroxyl groups is 8. The van der Waals surface area contributed by atoms with Gasteiger partial charge in [0.05, 0.1) is 30.5 Å². The second-order valence-corrected chi connectivity index (χ2v) is 13.2. The van der Waals surface area contributed by atoms with Crippen LogP contribution in [0.3, 0.4) is 0 Å². The first-order valence-corrected chi connectivity index (χ1v) is 13.7. The van der Waals surface area contributed by atoms with Crippen LogP contribution in [-0.4, -0.2) is 89.7 Å². The Kier molecular flexibility index (Phi) is 7.48. The van der Waals surface area contributed by atoms with Crippen molar-refractivity contribution in [1.29, 1.82) is 0 Å². The maximum atomic E-state index is 12.3. The molecule has 8 N–H and O–H groups in total. The summed E-state index contributed by atoms with van der Waals surface area (Å²) in [5, 5.41) is 88.0. The van der Waals surface area contributed by atoms with Gasteiger partial charge in [0.15, 0.2) is 0 Å². The van der Waals surface area contributed by atoms with E-state index < -0.39 is 70.8 Å². The van der Waals surface area contributed by atoms with Crippen LogP contribution < -0.4 is 0 Å². The molecule has 4 aliphatic rings. The third kappa shape index (κ3) is 3.85. The fourth-order valence-corrected chi connectivity index (χ4v) is 9.61. The predicted octanol–water partition coefficient (Wildman–Crippen LogP) is 0.410. The van der Waals surface area contributed by atoms with Crippen LogP contribution in [0.4, 0.5) is 0 Å². The van der Waals surface area contributed by atoms with Gasteiger partial charge in [-0.2, -0.15) is 0 Å². The average Bonchev–Trinajstić information content (AvgIpc) is 3.00. The summed E-state index contributed by atoms with van der Waals surface area (Å²) >= 11 is 0. The maximum absolute atomic E-state index is 12.3. The lowest BCUT2D eigenvalue weighted by Gasteiger charge is -2.67. The van der Waals surface area contributed by atoms with Gasteiger partial charge in [0.1, 0.15) is 11.7 Å². The fraction of sp³-hybridized carbons (Fsp3) is 1.00. The molecule has 4 fully saturated rings. The van der Waals surface area contributed by atoms with Crippen LogP contribution in [0.1, 0.15) is 72.6 Å². The summed E-state index contributed by atoms with van der Waals surface area (Å²) in [7, 11) is 0.